The van der Waals surface area contributed by atoms with Gasteiger partial charge in [0.2, 0.25) is 0 Å². The van der Waals surface area contributed by atoms with Crippen LogP contribution in [0.25, 0.3) is 0 Å². The molecule has 0 aromatic carbocycles. The Morgan fingerprint density at radius 1 is 1.32 bits per heavy atom. The van der Waals surface area contributed by atoms with Crippen LogP contribution >= 0.6 is 0 Å². The summed E-state index contributed by atoms with van der Waals surface area (Å²) in [4.78, 5) is 12.9. The Morgan fingerprint density at radius 2 is 1.95 bits per heavy atom. The first-order valence-electron chi connectivity index (χ1n) is 7.85. The van der Waals surface area contributed by atoms with Gasteiger partial charge >= 0.3 is 0 Å². The average Bonchev–Trinajstić information content (AvgIpc) is 2.89. The normalized spacial score (nSPS) is 26.8. The van der Waals surface area contributed by atoms with Crippen molar-refractivity contribution in [1.82, 2.24) is 0 Å². The third kappa shape index (κ3) is 2.73. The van der Waals surface area contributed by atoms with Gasteiger partial charge in [-0.15, -0.1) is 0 Å². The molecule has 2 rings (SSSR count). The molecule has 1 heterocycles. The standard InChI is InChI=1S/C16H28O3/c1-4-16(5-2,18-3)14(17)13-8-11-19-15(12-13)9-6-7-10-15/h13H,4-12H2,1-3H3. The van der Waals surface area contributed by atoms with Crippen LogP contribution < -0.4 is 0 Å². The Morgan fingerprint density at radius 3 is 2.47 bits per heavy atom. The summed E-state index contributed by atoms with van der Waals surface area (Å²) in [5, 5.41) is 0. The van der Waals surface area contributed by atoms with E-state index in [4.69, 9.17) is 9.47 Å². The number of carbonyl (C=O) groups is 1. The van der Waals surface area contributed by atoms with Crippen LogP contribution in [-0.4, -0.2) is 30.7 Å². The van der Waals surface area contributed by atoms with E-state index in [2.05, 4.69) is 13.8 Å². The highest BCUT2D eigenvalue weighted by Gasteiger charge is 2.46. The Balaban J connectivity index is 2.10. The van der Waals surface area contributed by atoms with E-state index < -0.39 is 5.60 Å². The highest BCUT2D eigenvalue weighted by atomic mass is 16.5. The molecule has 19 heavy (non-hydrogen) atoms. The lowest BCUT2D eigenvalue weighted by Gasteiger charge is -2.41. The monoisotopic (exact) mass is 268 g/mol. The van der Waals surface area contributed by atoms with Gasteiger partial charge in [0.1, 0.15) is 5.60 Å². The van der Waals surface area contributed by atoms with E-state index in [0.29, 0.717) is 5.78 Å². The number of methoxy groups -OCH3 is 1. The summed E-state index contributed by atoms with van der Waals surface area (Å²) in [6.07, 6.45) is 8.08. The summed E-state index contributed by atoms with van der Waals surface area (Å²) in [6.45, 7) is 4.84. The SMILES string of the molecule is CCC(CC)(OC)C(=O)C1CCOC2(CCCC2)C1. The van der Waals surface area contributed by atoms with E-state index in [9.17, 15) is 4.79 Å². The summed E-state index contributed by atoms with van der Waals surface area (Å²) < 4.78 is 11.6. The third-order valence-electron chi connectivity index (χ3n) is 5.36. The van der Waals surface area contributed by atoms with E-state index in [1.54, 1.807) is 7.11 Å². The predicted octanol–water partition coefficient (Wildman–Crippen LogP) is 3.50. The molecule has 2 aliphatic rings. The van der Waals surface area contributed by atoms with Gasteiger partial charge in [0.15, 0.2) is 5.78 Å². The summed E-state index contributed by atoms with van der Waals surface area (Å²) in [7, 11) is 1.68. The topological polar surface area (TPSA) is 35.5 Å². The van der Waals surface area contributed by atoms with E-state index >= 15 is 0 Å². The second-order valence-corrected chi connectivity index (χ2v) is 6.20. The lowest BCUT2D eigenvalue weighted by Crippen LogP contribution is -2.48. The fourth-order valence-electron chi connectivity index (χ4n) is 3.98. The van der Waals surface area contributed by atoms with Crippen LogP contribution in [0.15, 0.2) is 0 Å². The van der Waals surface area contributed by atoms with Crippen LogP contribution in [0, 0.1) is 5.92 Å². The van der Waals surface area contributed by atoms with Gasteiger partial charge in [-0.2, -0.15) is 0 Å². The molecule has 3 heteroatoms. The van der Waals surface area contributed by atoms with Crippen molar-refractivity contribution >= 4 is 5.78 Å². The zero-order valence-electron chi connectivity index (χ0n) is 12.7. The van der Waals surface area contributed by atoms with Gasteiger partial charge in [-0.25, -0.2) is 0 Å². The maximum absolute atomic E-state index is 12.9. The summed E-state index contributed by atoms with van der Waals surface area (Å²) in [5.74, 6) is 0.446. The fraction of sp³-hybridized carbons (Fsp3) is 0.938. The number of Topliss-reactive ketones (excluding diaryl/α,β-unsaturated/α-hetero) is 1. The van der Waals surface area contributed by atoms with Crippen molar-refractivity contribution in [3.63, 3.8) is 0 Å². The van der Waals surface area contributed by atoms with Crippen molar-refractivity contribution in [2.24, 2.45) is 5.92 Å². The number of ether oxygens (including phenoxy) is 2. The van der Waals surface area contributed by atoms with Crippen LogP contribution in [0.3, 0.4) is 0 Å². The minimum absolute atomic E-state index is 0.0134. The number of hydrogen-bond donors (Lipinski definition) is 0. The molecular weight excluding hydrogens is 240 g/mol. The molecule has 2 fully saturated rings. The predicted molar refractivity (Wildman–Crippen MR) is 75.2 cm³/mol. The van der Waals surface area contributed by atoms with Gasteiger partial charge in [0.25, 0.3) is 0 Å². The third-order valence-corrected chi connectivity index (χ3v) is 5.36. The molecule has 0 aromatic rings. The van der Waals surface area contributed by atoms with Crippen LogP contribution in [-0.2, 0) is 14.3 Å². The second-order valence-electron chi connectivity index (χ2n) is 6.20. The van der Waals surface area contributed by atoms with E-state index in [1.165, 1.54) is 12.8 Å². The zero-order valence-corrected chi connectivity index (χ0v) is 12.7. The molecule has 1 aliphatic carbocycles. The first-order chi connectivity index (χ1) is 9.11. The van der Waals surface area contributed by atoms with Crippen LogP contribution in [0.1, 0.15) is 65.2 Å². The lowest BCUT2D eigenvalue weighted by atomic mass is 9.76. The Bertz CT molecular complexity index is 306. The van der Waals surface area contributed by atoms with Gasteiger partial charge in [-0.3, -0.25) is 4.79 Å². The van der Waals surface area contributed by atoms with Gasteiger partial charge in [-0.05, 0) is 38.5 Å². The van der Waals surface area contributed by atoms with Gasteiger partial charge in [0, 0.05) is 19.6 Å². The first kappa shape index (κ1) is 15.0. The number of rotatable bonds is 5. The summed E-state index contributed by atoms with van der Waals surface area (Å²) in [6, 6.07) is 0. The number of hydrogen-bond acceptors (Lipinski definition) is 3. The molecule has 0 aromatic heterocycles. The van der Waals surface area contributed by atoms with Crippen molar-refractivity contribution in [3.05, 3.63) is 0 Å². The average molecular weight is 268 g/mol. The van der Waals surface area contributed by atoms with E-state index in [-0.39, 0.29) is 11.5 Å². The highest BCUT2D eigenvalue weighted by molar-refractivity contribution is 5.89. The maximum atomic E-state index is 12.9. The lowest BCUT2D eigenvalue weighted by molar-refractivity contribution is -0.157. The molecule has 1 saturated carbocycles. The second kappa shape index (κ2) is 5.92. The molecule has 0 bridgehead atoms. The van der Waals surface area contributed by atoms with E-state index in [1.807, 2.05) is 0 Å². The Kier molecular flexibility index (Phi) is 4.67. The molecule has 0 amide bonds. The van der Waals surface area contributed by atoms with Crippen molar-refractivity contribution in [2.45, 2.75) is 76.4 Å². The molecule has 3 nitrogen and oxygen atoms in total. The van der Waals surface area contributed by atoms with Crippen molar-refractivity contribution < 1.29 is 14.3 Å². The molecule has 1 aliphatic heterocycles. The Labute approximate surface area is 117 Å². The highest BCUT2D eigenvalue weighted by Crippen LogP contribution is 2.43. The van der Waals surface area contributed by atoms with Gasteiger partial charge in [0.05, 0.1) is 5.60 Å². The Hall–Kier alpha value is -0.410. The van der Waals surface area contributed by atoms with Gasteiger partial charge < -0.3 is 9.47 Å². The molecule has 1 spiro atoms. The van der Waals surface area contributed by atoms with Crippen molar-refractivity contribution in [1.29, 1.82) is 0 Å². The fourth-order valence-corrected chi connectivity index (χ4v) is 3.98. The summed E-state index contributed by atoms with van der Waals surface area (Å²) in [5.41, 5.74) is -0.554. The van der Waals surface area contributed by atoms with Crippen molar-refractivity contribution in [2.75, 3.05) is 13.7 Å². The minimum Gasteiger partial charge on any atom is -0.375 e. The maximum Gasteiger partial charge on any atom is 0.167 e. The molecule has 0 radical (unpaired) electrons. The molecule has 1 saturated heterocycles. The first-order valence-corrected chi connectivity index (χ1v) is 7.85. The molecule has 1 unspecified atom stereocenters. The minimum atomic E-state index is -0.568. The van der Waals surface area contributed by atoms with Crippen LogP contribution in [0.5, 0.6) is 0 Å². The van der Waals surface area contributed by atoms with Crippen LogP contribution in [0.4, 0.5) is 0 Å². The van der Waals surface area contributed by atoms with Gasteiger partial charge in [-0.1, -0.05) is 26.7 Å². The number of carbonyl (C=O) groups excluding carboxylic acids is 1. The smallest absolute Gasteiger partial charge is 0.167 e. The van der Waals surface area contributed by atoms with E-state index in [0.717, 1.165) is 45.1 Å². The molecule has 110 valence electrons. The molecule has 1 atom stereocenters. The van der Waals surface area contributed by atoms with Crippen LogP contribution in [0.2, 0.25) is 0 Å². The zero-order chi connectivity index (χ0) is 13.9. The quantitative estimate of drug-likeness (QED) is 0.765. The molecule has 0 N–H and O–H groups in total. The number of ketones is 1. The largest absolute Gasteiger partial charge is 0.375 e. The molecular formula is C16H28O3. The van der Waals surface area contributed by atoms with Crippen molar-refractivity contribution in [3.8, 4) is 0 Å². The summed E-state index contributed by atoms with van der Waals surface area (Å²) >= 11 is 0.